The molecule has 0 radical (unpaired) electrons. The van der Waals surface area contributed by atoms with Crippen molar-refractivity contribution in [2.75, 3.05) is 13.2 Å². The van der Waals surface area contributed by atoms with Gasteiger partial charge in [-0.15, -0.1) is 0 Å². The van der Waals surface area contributed by atoms with Crippen molar-refractivity contribution in [3.8, 4) is 0 Å². The molecule has 1 atom stereocenters. The van der Waals surface area contributed by atoms with Gasteiger partial charge in [-0.1, -0.05) is 32.4 Å². The van der Waals surface area contributed by atoms with E-state index in [2.05, 4.69) is 32.2 Å². The van der Waals surface area contributed by atoms with E-state index in [1.807, 2.05) is 0 Å². The van der Waals surface area contributed by atoms with Crippen LogP contribution in [0.2, 0.25) is 0 Å². The Morgan fingerprint density at radius 1 is 1.57 bits per heavy atom. The highest BCUT2D eigenvalue weighted by Crippen LogP contribution is 2.15. The minimum absolute atomic E-state index is 0.388. The van der Waals surface area contributed by atoms with Gasteiger partial charge < -0.3 is 10.1 Å². The van der Waals surface area contributed by atoms with E-state index in [4.69, 9.17) is 4.74 Å². The molecule has 0 spiro atoms. The van der Waals surface area contributed by atoms with Crippen LogP contribution in [0.5, 0.6) is 0 Å². The molecule has 0 aromatic carbocycles. The summed E-state index contributed by atoms with van der Waals surface area (Å²) < 4.78 is 5.59. The van der Waals surface area contributed by atoms with Gasteiger partial charge in [0, 0.05) is 19.2 Å². The van der Waals surface area contributed by atoms with Gasteiger partial charge in [-0.3, -0.25) is 0 Å². The monoisotopic (exact) mass is 197 g/mol. The van der Waals surface area contributed by atoms with Crippen molar-refractivity contribution in [2.45, 2.75) is 52.2 Å². The molecular formula is C12H23NO. The SMILES string of the molecule is CCC(=CC1CCCO1)CNC(C)C. The van der Waals surface area contributed by atoms with Gasteiger partial charge in [0.25, 0.3) is 0 Å². The highest BCUT2D eigenvalue weighted by molar-refractivity contribution is 5.07. The Morgan fingerprint density at radius 2 is 2.36 bits per heavy atom. The smallest absolute Gasteiger partial charge is 0.0759 e. The van der Waals surface area contributed by atoms with E-state index in [1.165, 1.54) is 18.4 Å². The fourth-order valence-corrected chi connectivity index (χ4v) is 1.63. The lowest BCUT2D eigenvalue weighted by molar-refractivity contribution is 0.145. The van der Waals surface area contributed by atoms with Crippen LogP contribution < -0.4 is 5.32 Å². The van der Waals surface area contributed by atoms with E-state index < -0.39 is 0 Å². The quantitative estimate of drug-likeness (QED) is 0.684. The van der Waals surface area contributed by atoms with Crippen molar-refractivity contribution < 1.29 is 4.74 Å². The molecule has 14 heavy (non-hydrogen) atoms. The second-order valence-electron chi connectivity index (χ2n) is 4.27. The zero-order valence-corrected chi connectivity index (χ0v) is 9.68. The van der Waals surface area contributed by atoms with E-state index >= 15 is 0 Å². The van der Waals surface area contributed by atoms with Crippen molar-refractivity contribution in [1.82, 2.24) is 5.32 Å². The van der Waals surface area contributed by atoms with Crippen molar-refractivity contribution in [1.29, 1.82) is 0 Å². The molecule has 1 aliphatic rings. The lowest BCUT2D eigenvalue weighted by atomic mass is 10.1. The van der Waals surface area contributed by atoms with Crippen LogP contribution in [-0.2, 0) is 4.74 Å². The molecule has 1 heterocycles. The van der Waals surface area contributed by atoms with Crippen LogP contribution >= 0.6 is 0 Å². The summed E-state index contributed by atoms with van der Waals surface area (Å²) >= 11 is 0. The maximum atomic E-state index is 5.59. The Hall–Kier alpha value is -0.340. The Balaban J connectivity index is 2.35. The molecule has 0 aliphatic carbocycles. The predicted octanol–water partition coefficient (Wildman–Crippen LogP) is 2.50. The van der Waals surface area contributed by atoms with Crippen LogP contribution in [0, 0.1) is 0 Å². The lowest BCUT2D eigenvalue weighted by Gasteiger charge is -2.12. The van der Waals surface area contributed by atoms with Gasteiger partial charge in [0.1, 0.15) is 0 Å². The summed E-state index contributed by atoms with van der Waals surface area (Å²) in [6, 6.07) is 0.564. The van der Waals surface area contributed by atoms with Crippen molar-refractivity contribution in [2.24, 2.45) is 0 Å². The van der Waals surface area contributed by atoms with Gasteiger partial charge in [-0.25, -0.2) is 0 Å². The molecule has 2 nitrogen and oxygen atoms in total. The van der Waals surface area contributed by atoms with E-state index in [0.29, 0.717) is 12.1 Å². The number of rotatable bonds is 5. The number of nitrogens with one attached hydrogen (secondary N) is 1. The molecule has 0 amide bonds. The maximum absolute atomic E-state index is 5.59. The second-order valence-corrected chi connectivity index (χ2v) is 4.27. The summed E-state index contributed by atoms with van der Waals surface area (Å²) in [6.07, 6.45) is 6.24. The molecule has 1 fully saturated rings. The largest absolute Gasteiger partial charge is 0.374 e. The summed E-state index contributed by atoms with van der Waals surface area (Å²) in [6.45, 7) is 8.52. The summed E-state index contributed by atoms with van der Waals surface area (Å²) in [5.41, 5.74) is 1.48. The van der Waals surface area contributed by atoms with Crippen LogP contribution in [0.25, 0.3) is 0 Å². The third-order valence-corrected chi connectivity index (χ3v) is 2.58. The first-order valence-corrected chi connectivity index (χ1v) is 5.77. The lowest BCUT2D eigenvalue weighted by Crippen LogP contribution is -2.25. The first-order chi connectivity index (χ1) is 6.72. The van der Waals surface area contributed by atoms with Gasteiger partial charge in [-0.05, 0) is 19.3 Å². The highest BCUT2D eigenvalue weighted by Gasteiger charge is 2.13. The summed E-state index contributed by atoms with van der Waals surface area (Å²) in [5.74, 6) is 0. The minimum Gasteiger partial charge on any atom is -0.374 e. The number of ether oxygens (including phenoxy) is 1. The van der Waals surface area contributed by atoms with Crippen LogP contribution in [0.4, 0.5) is 0 Å². The summed E-state index contributed by atoms with van der Waals surface area (Å²) in [7, 11) is 0. The third-order valence-electron chi connectivity index (χ3n) is 2.58. The molecule has 1 saturated heterocycles. The Bertz CT molecular complexity index is 181. The number of hydrogen-bond donors (Lipinski definition) is 1. The molecule has 1 aliphatic heterocycles. The molecule has 0 aromatic heterocycles. The molecule has 82 valence electrons. The fourth-order valence-electron chi connectivity index (χ4n) is 1.63. The van der Waals surface area contributed by atoms with E-state index in [0.717, 1.165) is 19.6 Å². The van der Waals surface area contributed by atoms with Gasteiger partial charge in [0.15, 0.2) is 0 Å². The van der Waals surface area contributed by atoms with Crippen molar-refractivity contribution >= 4 is 0 Å². The predicted molar refractivity (Wildman–Crippen MR) is 60.5 cm³/mol. The average Bonchev–Trinajstić information content (AvgIpc) is 2.64. The van der Waals surface area contributed by atoms with Gasteiger partial charge in [-0.2, -0.15) is 0 Å². The van der Waals surface area contributed by atoms with Crippen LogP contribution in [-0.4, -0.2) is 25.3 Å². The van der Waals surface area contributed by atoms with Gasteiger partial charge >= 0.3 is 0 Å². The Labute approximate surface area is 87.7 Å². The van der Waals surface area contributed by atoms with E-state index in [-0.39, 0.29) is 0 Å². The van der Waals surface area contributed by atoms with Crippen molar-refractivity contribution in [3.63, 3.8) is 0 Å². The Kier molecular flexibility index (Phi) is 5.20. The molecule has 0 aromatic rings. The zero-order chi connectivity index (χ0) is 10.4. The molecule has 1 N–H and O–H groups in total. The highest BCUT2D eigenvalue weighted by atomic mass is 16.5. The molecule has 0 saturated carbocycles. The molecular weight excluding hydrogens is 174 g/mol. The zero-order valence-electron chi connectivity index (χ0n) is 9.68. The normalized spacial score (nSPS) is 23.4. The first kappa shape index (κ1) is 11.7. The molecule has 1 rings (SSSR count). The van der Waals surface area contributed by atoms with E-state index in [1.54, 1.807) is 0 Å². The Morgan fingerprint density at radius 3 is 2.86 bits per heavy atom. The van der Waals surface area contributed by atoms with Crippen LogP contribution in [0.1, 0.15) is 40.0 Å². The van der Waals surface area contributed by atoms with E-state index in [9.17, 15) is 0 Å². The first-order valence-electron chi connectivity index (χ1n) is 5.77. The van der Waals surface area contributed by atoms with Gasteiger partial charge in [0.05, 0.1) is 6.10 Å². The maximum Gasteiger partial charge on any atom is 0.0759 e. The van der Waals surface area contributed by atoms with Gasteiger partial charge in [0.2, 0.25) is 0 Å². The summed E-state index contributed by atoms with van der Waals surface area (Å²) in [4.78, 5) is 0. The fraction of sp³-hybridized carbons (Fsp3) is 0.833. The minimum atomic E-state index is 0.388. The standard InChI is InChI=1S/C12H23NO/c1-4-11(9-13-10(2)3)8-12-6-5-7-14-12/h8,10,12-13H,4-7,9H2,1-3H3. The molecule has 2 heteroatoms. The topological polar surface area (TPSA) is 21.3 Å². The third kappa shape index (κ3) is 4.25. The number of hydrogen-bond acceptors (Lipinski definition) is 2. The second kappa shape index (κ2) is 6.20. The van der Waals surface area contributed by atoms with Crippen molar-refractivity contribution in [3.05, 3.63) is 11.6 Å². The van der Waals surface area contributed by atoms with Crippen LogP contribution in [0.3, 0.4) is 0 Å². The van der Waals surface area contributed by atoms with Crippen LogP contribution in [0.15, 0.2) is 11.6 Å². The average molecular weight is 197 g/mol. The summed E-state index contributed by atoms with van der Waals surface area (Å²) in [5, 5.41) is 3.45. The molecule has 0 bridgehead atoms. The molecule has 1 unspecified atom stereocenters.